The molecule has 1 aromatic rings. The molecule has 0 aromatic heterocycles. The van der Waals surface area contributed by atoms with E-state index in [-0.39, 0.29) is 0 Å². The SMILES string of the molecule is CCCc1cccc(C2(O)CCCC(C)(C)CC2)c1. The van der Waals surface area contributed by atoms with Crippen LogP contribution in [0.3, 0.4) is 0 Å². The Hall–Kier alpha value is -0.820. The average molecular weight is 260 g/mol. The Morgan fingerprint density at radius 3 is 2.63 bits per heavy atom. The van der Waals surface area contributed by atoms with Crippen molar-refractivity contribution >= 4 is 0 Å². The summed E-state index contributed by atoms with van der Waals surface area (Å²) < 4.78 is 0. The van der Waals surface area contributed by atoms with Crippen LogP contribution in [0.5, 0.6) is 0 Å². The summed E-state index contributed by atoms with van der Waals surface area (Å²) in [5.41, 5.74) is 2.27. The van der Waals surface area contributed by atoms with Crippen LogP contribution in [0.15, 0.2) is 24.3 Å². The summed E-state index contributed by atoms with van der Waals surface area (Å²) in [5, 5.41) is 11.0. The minimum atomic E-state index is -0.600. The summed E-state index contributed by atoms with van der Waals surface area (Å²) in [5.74, 6) is 0. The van der Waals surface area contributed by atoms with Crippen molar-refractivity contribution in [3.8, 4) is 0 Å². The van der Waals surface area contributed by atoms with E-state index in [0.29, 0.717) is 5.41 Å². The van der Waals surface area contributed by atoms with E-state index in [1.165, 1.54) is 12.0 Å². The molecule has 0 spiro atoms. The Balaban J connectivity index is 2.21. The standard InChI is InChI=1S/C18H28O/c1-4-7-15-8-5-9-16(14-15)18(19)11-6-10-17(2,3)12-13-18/h5,8-9,14,19H,4,6-7,10-13H2,1-3H3. The van der Waals surface area contributed by atoms with Crippen LogP contribution in [-0.2, 0) is 12.0 Å². The Kier molecular flexibility index (Phi) is 4.35. The molecule has 1 unspecified atom stereocenters. The molecule has 0 amide bonds. The lowest BCUT2D eigenvalue weighted by Gasteiger charge is -2.29. The zero-order valence-corrected chi connectivity index (χ0v) is 12.7. The van der Waals surface area contributed by atoms with E-state index in [1.807, 2.05) is 0 Å². The number of aliphatic hydroxyl groups is 1. The number of rotatable bonds is 3. The molecular weight excluding hydrogens is 232 g/mol. The molecule has 1 heteroatoms. The molecule has 0 bridgehead atoms. The first-order valence-electron chi connectivity index (χ1n) is 7.77. The summed E-state index contributed by atoms with van der Waals surface area (Å²) in [7, 11) is 0. The number of hydrogen-bond acceptors (Lipinski definition) is 1. The lowest BCUT2D eigenvalue weighted by atomic mass is 9.82. The van der Waals surface area contributed by atoms with Crippen molar-refractivity contribution in [3.63, 3.8) is 0 Å². The van der Waals surface area contributed by atoms with Crippen LogP contribution in [0.25, 0.3) is 0 Å². The Labute approximate surface area is 118 Å². The van der Waals surface area contributed by atoms with E-state index in [9.17, 15) is 5.11 Å². The van der Waals surface area contributed by atoms with E-state index in [1.54, 1.807) is 0 Å². The van der Waals surface area contributed by atoms with E-state index < -0.39 is 5.60 Å². The van der Waals surface area contributed by atoms with Gasteiger partial charge in [-0.2, -0.15) is 0 Å². The largest absolute Gasteiger partial charge is 0.385 e. The summed E-state index contributed by atoms with van der Waals surface area (Å²) in [4.78, 5) is 0. The fraction of sp³-hybridized carbons (Fsp3) is 0.667. The Morgan fingerprint density at radius 2 is 1.89 bits per heavy atom. The fourth-order valence-corrected chi connectivity index (χ4v) is 3.25. The first-order chi connectivity index (χ1) is 8.95. The minimum Gasteiger partial charge on any atom is -0.385 e. The fourth-order valence-electron chi connectivity index (χ4n) is 3.25. The Bertz CT molecular complexity index is 421. The quantitative estimate of drug-likeness (QED) is 0.773. The van der Waals surface area contributed by atoms with Gasteiger partial charge >= 0.3 is 0 Å². The van der Waals surface area contributed by atoms with E-state index >= 15 is 0 Å². The minimum absolute atomic E-state index is 0.380. The van der Waals surface area contributed by atoms with Gasteiger partial charge in [-0.1, -0.05) is 51.5 Å². The molecule has 1 saturated carbocycles. The number of aryl methyl sites for hydroxylation is 1. The molecule has 1 fully saturated rings. The normalized spacial score (nSPS) is 26.9. The maximum absolute atomic E-state index is 11.0. The summed E-state index contributed by atoms with van der Waals surface area (Å²) in [6.07, 6.45) is 7.54. The van der Waals surface area contributed by atoms with Crippen molar-refractivity contribution in [3.05, 3.63) is 35.4 Å². The van der Waals surface area contributed by atoms with Gasteiger partial charge in [0.1, 0.15) is 0 Å². The molecule has 1 nitrogen and oxygen atoms in total. The third-order valence-electron chi connectivity index (χ3n) is 4.66. The highest BCUT2D eigenvalue weighted by Crippen LogP contribution is 2.42. The number of benzene rings is 1. The van der Waals surface area contributed by atoms with Crippen LogP contribution in [-0.4, -0.2) is 5.11 Å². The molecule has 1 atom stereocenters. The molecule has 1 aromatic carbocycles. The van der Waals surface area contributed by atoms with Gasteiger partial charge in [0.15, 0.2) is 0 Å². The van der Waals surface area contributed by atoms with Crippen molar-refractivity contribution in [1.29, 1.82) is 0 Å². The van der Waals surface area contributed by atoms with E-state index in [4.69, 9.17) is 0 Å². The topological polar surface area (TPSA) is 20.2 Å². The smallest absolute Gasteiger partial charge is 0.0896 e. The van der Waals surface area contributed by atoms with Crippen molar-refractivity contribution in [2.24, 2.45) is 5.41 Å². The van der Waals surface area contributed by atoms with E-state index in [2.05, 4.69) is 45.0 Å². The van der Waals surface area contributed by atoms with Gasteiger partial charge in [0.2, 0.25) is 0 Å². The second kappa shape index (κ2) is 5.66. The van der Waals surface area contributed by atoms with Crippen LogP contribution >= 0.6 is 0 Å². The monoisotopic (exact) mass is 260 g/mol. The Morgan fingerprint density at radius 1 is 1.11 bits per heavy atom. The van der Waals surface area contributed by atoms with Gasteiger partial charge < -0.3 is 5.11 Å². The first kappa shape index (κ1) is 14.6. The molecule has 0 heterocycles. The molecule has 0 aliphatic heterocycles. The van der Waals surface area contributed by atoms with E-state index in [0.717, 1.165) is 44.1 Å². The van der Waals surface area contributed by atoms with Crippen molar-refractivity contribution in [2.45, 2.75) is 71.3 Å². The second-order valence-electron chi connectivity index (χ2n) is 7.00. The van der Waals surface area contributed by atoms with Gasteiger partial charge in [-0.25, -0.2) is 0 Å². The van der Waals surface area contributed by atoms with Crippen LogP contribution in [0.2, 0.25) is 0 Å². The average Bonchev–Trinajstić information content (AvgIpc) is 2.50. The highest BCUT2D eigenvalue weighted by Gasteiger charge is 2.35. The maximum Gasteiger partial charge on any atom is 0.0896 e. The van der Waals surface area contributed by atoms with Gasteiger partial charge in [-0.05, 0) is 55.1 Å². The van der Waals surface area contributed by atoms with Gasteiger partial charge in [-0.3, -0.25) is 0 Å². The highest BCUT2D eigenvalue weighted by molar-refractivity contribution is 5.28. The third kappa shape index (κ3) is 3.60. The van der Waals surface area contributed by atoms with Crippen LogP contribution in [0.1, 0.15) is 70.4 Å². The van der Waals surface area contributed by atoms with Gasteiger partial charge in [0, 0.05) is 0 Å². The summed E-state index contributed by atoms with van der Waals surface area (Å²) in [6.45, 7) is 6.86. The van der Waals surface area contributed by atoms with Gasteiger partial charge in [0.05, 0.1) is 5.60 Å². The molecule has 0 radical (unpaired) electrons. The van der Waals surface area contributed by atoms with Crippen molar-refractivity contribution in [1.82, 2.24) is 0 Å². The lowest BCUT2D eigenvalue weighted by Crippen LogP contribution is -2.25. The number of hydrogen-bond donors (Lipinski definition) is 1. The van der Waals surface area contributed by atoms with Crippen LogP contribution in [0.4, 0.5) is 0 Å². The molecule has 19 heavy (non-hydrogen) atoms. The molecule has 1 aliphatic carbocycles. The second-order valence-corrected chi connectivity index (χ2v) is 7.00. The lowest BCUT2D eigenvalue weighted by molar-refractivity contribution is 0.0180. The zero-order chi connectivity index (χ0) is 13.9. The van der Waals surface area contributed by atoms with Crippen LogP contribution < -0.4 is 0 Å². The highest BCUT2D eigenvalue weighted by atomic mass is 16.3. The van der Waals surface area contributed by atoms with Crippen molar-refractivity contribution in [2.75, 3.05) is 0 Å². The predicted molar refractivity (Wildman–Crippen MR) is 81.2 cm³/mol. The molecule has 0 saturated heterocycles. The van der Waals surface area contributed by atoms with Crippen LogP contribution in [0, 0.1) is 5.41 Å². The first-order valence-corrected chi connectivity index (χ1v) is 7.77. The summed E-state index contributed by atoms with van der Waals surface area (Å²) in [6, 6.07) is 8.62. The molecule has 2 rings (SSSR count). The van der Waals surface area contributed by atoms with Gasteiger partial charge in [0.25, 0.3) is 0 Å². The van der Waals surface area contributed by atoms with Gasteiger partial charge in [-0.15, -0.1) is 0 Å². The predicted octanol–water partition coefficient (Wildman–Crippen LogP) is 4.82. The maximum atomic E-state index is 11.0. The molecule has 1 N–H and O–H groups in total. The molecule has 106 valence electrons. The third-order valence-corrected chi connectivity index (χ3v) is 4.66. The molecular formula is C18H28O. The zero-order valence-electron chi connectivity index (χ0n) is 12.7. The molecule has 1 aliphatic rings. The summed E-state index contributed by atoms with van der Waals surface area (Å²) >= 11 is 0. The van der Waals surface area contributed by atoms with Crippen molar-refractivity contribution < 1.29 is 5.11 Å².